The molecule has 0 fully saturated rings. The molecule has 3 heteroatoms. The van der Waals surface area contributed by atoms with Gasteiger partial charge in [0.1, 0.15) is 12.4 Å². The molecule has 1 amide bonds. The van der Waals surface area contributed by atoms with Crippen LogP contribution in [0.1, 0.15) is 16.7 Å². The van der Waals surface area contributed by atoms with Crippen LogP contribution in [0.25, 0.3) is 6.08 Å². The van der Waals surface area contributed by atoms with Crippen LogP contribution in [0.15, 0.2) is 54.6 Å². The number of rotatable bonds is 6. The van der Waals surface area contributed by atoms with Crippen molar-refractivity contribution in [3.63, 3.8) is 0 Å². The second kappa shape index (κ2) is 8.03. The molecule has 114 valence electrons. The quantitative estimate of drug-likeness (QED) is 0.654. The summed E-state index contributed by atoms with van der Waals surface area (Å²) in [6, 6.07) is 15.8. The first-order chi connectivity index (χ1) is 10.6. The zero-order valence-corrected chi connectivity index (χ0v) is 13.0. The van der Waals surface area contributed by atoms with Gasteiger partial charge in [-0.05, 0) is 42.7 Å². The lowest BCUT2D eigenvalue weighted by Gasteiger charge is -2.10. The zero-order valence-electron chi connectivity index (χ0n) is 13.0. The van der Waals surface area contributed by atoms with Crippen molar-refractivity contribution in [2.45, 2.75) is 13.8 Å². The lowest BCUT2D eigenvalue weighted by molar-refractivity contribution is -0.116. The van der Waals surface area contributed by atoms with Crippen molar-refractivity contribution < 1.29 is 9.53 Å². The van der Waals surface area contributed by atoms with E-state index in [-0.39, 0.29) is 5.91 Å². The Morgan fingerprint density at radius 2 is 1.91 bits per heavy atom. The number of ether oxygens (including phenoxy) is 1. The van der Waals surface area contributed by atoms with E-state index in [9.17, 15) is 4.79 Å². The summed E-state index contributed by atoms with van der Waals surface area (Å²) in [6.07, 6.45) is 3.33. The molecule has 0 aliphatic carbocycles. The number of hydrogen-bond donors (Lipinski definition) is 1. The highest BCUT2D eigenvalue weighted by Gasteiger charge is 2.00. The molecule has 0 unspecified atom stereocenters. The predicted molar refractivity (Wildman–Crippen MR) is 89.9 cm³/mol. The number of amides is 1. The summed E-state index contributed by atoms with van der Waals surface area (Å²) >= 11 is 0. The Morgan fingerprint density at radius 1 is 1.14 bits per heavy atom. The van der Waals surface area contributed by atoms with Crippen molar-refractivity contribution in [1.82, 2.24) is 5.32 Å². The minimum absolute atomic E-state index is 0.117. The molecule has 0 saturated carbocycles. The average Bonchev–Trinajstić information content (AvgIpc) is 2.53. The monoisotopic (exact) mass is 295 g/mol. The maximum Gasteiger partial charge on any atom is 0.244 e. The molecule has 0 aliphatic heterocycles. The van der Waals surface area contributed by atoms with E-state index in [1.54, 1.807) is 6.08 Å². The van der Waals surface area contributed by atoms with Gasteiger partial charge in [-0.3, -0.25) is 4.79 Å². The highest BCUT2D eigenvalue weighted by atomic mass is 16.5. The Bertz CT molecular complexity index is 648. The smallest absolute Gasteiger partial charge is 0.244 e. The highest BCUT2D eigenvalue weighted by Crippen LogP contribution is 2.18. The van der Waals surface area contributed by atoms with Gasteiger partial charge in [-0.25, -0.2) is 0 Å². The normalized spacial score (nSPS) is 10.6. The number of carbonyl (C=O) groups excluding carboxylic acids is 1. The molecular formula is C19H21NO2. The van der Waals surface area contributed by atoms with Crippen LogP contribution in [0.5, 0.6) is 5.75 Å². The van der Waals surface area contributed by atoms with E-state index in [1.165, 1.54) is 6.08 Å². The molecule has 22 heavy (non-hydrogen) atoms. The maximum atomic E-state index is 11.7. The van der Waals surface area contributed by atoms with Crippen LogP contribution >= 0.6 is 0 Å². The Hall–Kier alpha value is -2.55. The van der Waals surface area contributed by atoms with Crippen LogP contribution in [0.3, 0.4) is 0 Å². The number of benzene rings is 2. The van der Waals surface area contributed by atoms with Gasteiger partial charge in [-0.15, -0.1) is 0 Å². The van der Waals surface area contributed by atoms with Gasteiger partial charge in [0.15, 0.2) is 0 Å². The maximum absolute atomic E-state index is 11.7. The molecule has 1 N–H and O–H groups in total. The first kappa shape index (κ1) is 15.8. The van der Waals surface area contributed by atoms with Gasteiger partial charge in [0, 0.05) is 6.08 Å². The minimum atomic E-state index is -0.117. The zero-order chi connectivity index (χ0) is 15.8. The average molecular weight is 295 g/mol. The second-order valence-electron chi connectivity index (χ2n) is 5.15. The lowest BCUT2D eigenvalue weighted by Crippen LogP contribution is -2.26. The van der Waals surface area contributed by atoms with Gasteiger partial charge in [0.25, 0.3) is 0 Å². The van der Waals surface area contributed by atoms with Crippen LogP contribution < -0.4 is 10.1 Å². The number of hydrogen-bond acceptors (Lipinski definition) is 2. The number of aryl methyl sites for hydroxylation is 2. The first-order valence-electron chi connectivity index (χ1n) is 7.36. The van der Waals surface area contributed by atoms with Crippen molar-refractivity contribution in [3.8, 4) is 5.75 Å². The standard InChI is InChI=1S/C19H21NO2/c1-15-8-9-16(2)18(14-15)22-13-12-20-19(21)11-10-17-6-4-3-5-7-17/h3-11,14H,12-13H2,1-2H3,(H,20,21)/b11-10+. The van der Waals surface area contributed by atoms with E-state index in [4.69, 9.17) is 4.74 Å². The molecule has 0 saturated heterocycles. The SMILES string of the molecule is Cc1ccc(C)c(OCCNC(=O)/C=C/c2ccccc2)c1. The van der Waals surface area contributed by atoms with Gasteiger partial charge in [-0.2, -0.15) is 0 Å². The number of nitrogens with one attached hydrogen (secondary N) is 1. The fourth-order valence-electron chi connectivity index (χ4n) is 1.99. The minimum Gasteiger partial charge on any atom is -0.491 e. The Labute approximate surface area is 131 Å². The van der Waals surface area contributed by atoms with Gasteiger partial charge in [0.2, 0.25) is 5.91 Å². The van der Waals surface area contributed by atoms with Gasteiger partial charge >= 0.3 is 0 Å². The summed E-state index contributed by atoms with van der Waals surface area (Å²) in [5.41, 5.74) is 3.26. The van der Waals surface area contributed by atoms with Crippen LogP contribution in [-0.4, -0.2) is 19.1 Å². The molecule has 0 bridgehead atoms. The van der Waals surface area contributed by atoms with Crippen molar-refractivity contribution in [2.24, 2.45) is 0 Å². The molecule has 0 aromatic heterocycles. The molecule has 0 heterocycles. The fourth-order valence-corrected chi connectivity index (χ4v) is 1.99. The molecular weight excluding hydrogens is 274 g/mol. The summed E-state index contributed by atoms with van der Waals surface area (Å²) in [7, 11) is 0. The topological polar surface area (TPSA) is 38.3 Å². The van der Waals surface area contributed by atoms with Crippen molar-refractivity contribution in [2.75, 3.05) is 13.2 Å². The Morgan fingerprint density at radius 3 is 2.68 bits per heavy atom. The van der Waals surface area contributed by atoms with Crippen LogP contribution in [0, 0.1) is 13.8 Å². The molecule has 2 aromatic carbocycles. The summed E-state index contributed by atoms with van der Waals surface area (Å²) in [4.78, 5) is 11.7. The van der Waals surface area contributed by atoms with Gasteiger partial charge < -0.3 is 10.1 Å². The summed E-state index contributed by atoms with van der Waals surface area (Å²) in [5.74, 6) is 0.752. The predicted octanol–water partition coefficient (Wildman–Crippen LogP) is 3.51. The van der Waals surface area contributed by atoms with Crippen molar-refractivity contribution >= 4 is 12.0 Å². The molecule has 0 aliphatic rings. The van der Waals surface area contributed by atoms with Crippen LogP contribution in [0.4, 0.5) is 0 Å². The summed E-state index contributed by atoms with van der Waals surface area (Å²) in [6.45, 7) is 4.97. The lowest BCUT2D eigenvalue weighted by atomic mass is 10.1. The number of carbonyl (C=O) groups is 1. The van der Waals surface area contributed by atoms with E-state index in [2.05, 4.69) is 11.4 Å². The molecule has 2 rings (SSSR count). The second-order valence-corrected chi connectivity index (χ2v) is 5.15. The van der Waals surface area contributed by atoms with Crippen molar-refractivity contribution in [1.29, 1.82) is 0 Å². The van der Waals surface area contributed by atoms with Crippen LogP contribution in [-0.2, 0) is 4.79 Å². The van der Waals surface area contributed by atoms with E-state index in [0.29, 0.717) is 13.2 Å². The van der Waals surface area contributed by atoms with Gasteiger partial charge in [0.05, 0.1) is 6.54 Å². The first-order valence-corrected chi connectivity index (χ1v) is 7.36. The summed E-state index contributed by atoms with van der Waals surface area (Å²) in [5, 5.41) is 2.81. The molecule has 2 aromatic rings. The summed E-state index contributed by atoms with van der Waals surface area (Å²) < 4.78 is 5.69. The molecule has 0 atom stereocenters. The fraction of sp³-hybridized carbons (Fsp3) is 0.211. The molecule has 0 spiro atoms. The Kier molecular flexibility index (Phi) is 5.78. The third-order valence-electron chi connectivity index (χ3n) is 3.23. The van der Waals surface area contributed by atoms with Gasteiger partial charge in [-0.1, -0.05) is 42.5 Å². The third kappa shape index (κ3) is 5.09. The van der Waals surface area contributed by atoms with E-state index in [0.717, 1.165) is 22.4 Å². The largest absolute Gasteiger partial charge is 0.491 e. The molecule has 0 radical (unpaired) electrons. The third-order valence-corrected chi connectivity index (χ3v) is 3.23. The van der Waals surface area contributed by atoms with E-state index >= 15 is 0 Å². The van der Waals surface area contributed by atoms with E-state index in [1.807, 2.05) is 56.3 Å². The highest BCUT2D eigenvalue weighted by molar-refractivity contribution is 5.91. The molecule has 3 nitrogen and oxygen atoms in total. The van der Waals surface area contributed by atoms with E-state index < -0.39 is 0 Å². The Balaban J connectivity index is 1.73. The van der Waals surface area contributed by atoms with Crippen LogP contribution in [0.2, 0.25) is 0 Å². The van der Waals surface area contributed by atoms with Crippen molar-refractivity contribution in [3.05, 3.63) is 71.3 Å².